The summed E-state index contributed by atoms with van der Waals surface area (Å²) < 4.78 is 5.52. The average molecular weight is 1320 g/mol. The summed E-state index contributed by atoms with van der Waals surface area (Å²) in [5.74, 6) is -0.0404. The number of ether oxygens (including phenoxy) is 1. The summed E-state index contributed by atoms with van der Waals surface area (Å²) in [6.45, 7) is 4.95. The maximum atomic E-state index is 12.5. The quantitative estimate of drug-likeness (QED) is 0.0320. The van der Waals surface area contributed by atoms with Crippen molar-refractivity contribution in [2.75, 3.05) is 13.2 Å². The van der Waals surface area contributed by atoms with Crippen LogP contribution in [-0.2, 0) is 14.3 Å². The first-order valence-electron chi connectivity index (χ1n) is 42.9. The van der Waals surface area contributed by atoms with Gasteiger partial charge in [0.25, 0.3) is 0 Å². The lowest BCUT2D eigenvalue weighted by Gasteiger charge is -2.20. The van der Waals surface area contributed by atoms with Gasteiger partial charge in [-0.3, -0.25) is 9.59 Å². The minimum atomic E-state index is -0.844. The van der Waals surface area contributed by atoms with Crippen LogP contribution in [0.5, 0.6) is 0 Å². The van der Waals surface area contributed by atoms with Crippen molar-refractivity contribution in [2.45, 2.75) is 488 Å². The van der Waals surface area contributed by atoms with Gasteiger partial charge in [0.2, 0.25) is 5.91 Å². The monoisotopic (exact) mass is 1320 g/mol. The molecule has 0 aliphatic heterocycles. The van der Waals surface area contributed by atoms with Gasteiger partial charge in [-0.1, -0.05) is 422 Å². The summed E-state index contributed by atoms with van der Waals surface area (Å²) in [7, 11) is 0. The molecule has 0 aliphatic carbocycles. The number of hydrogen-bond donors (Lipinski definition) is 3. The minimum absolute atomic E-state index is 0.0205. The fraction of sp³-hybridized carbons (Fsp3) is 0.886. The van der Waals surface area contributed by atoms with E-state index in [0.717, 1.165) is 44.9 Å². The number of carbonyl (C=O) groups excluding carboxylic acids is 2. The highest BCUT2D eigenvalue weighted by Crippen LogP contribution is 2.20. The van der Waals surface area contributed by atoms with Gasteiger partial charge in [0.15, 0.2) is 0 Å². The third-order valence-electron chi connectivity index (χ3n) is 20.1. The van der Waals surface area contributed by atoms with Crippen LogP contribution in [0.2, 0.25) is 0 Å². The normalized spacial score (nSPS) is 12.7. The molecule has 0 saturated heterocycles. The van der Waals surface area contributed by atoms with Gasteiger partial charge in [0.05, 0.1) is 25.4 Å². The summed E-state index contributed by atoms with van der Waals surface area (Å²) >= 11 is 0. The van der Waals surface area contributed by atoms with Crippen molar-refractivity contribution in [1.82, 2.24) is 5.32 Å². The highest BCUT2D eigenvalue weighted by atomic mass is 16.5. The zero-order chi connectivity index (χ0) is 67.7. The molecular weight excluding hydrogens is 1150 g/mol. The first-order valence-corrected chi connectivity index (χ1v) is 42.9. The largest absolute Gasteiger partial charge is 0.466 e. The van der Waals surface area contributed by atoms with Crippen molar-refractivity contribution in [3.05, 3.63) is 48.6 Å². The first kappa shape index (κ1) is 91.8. The molecule has 0 aromatic heterocycles. The Labute approximate surface area is 588 Å². The summed E-state index contributed by atoms with van der Waals surface area (Å²) in [5.41, 5.74) is 0. The number of rotatable bonds is 81. The molecule has 6 nitrogen and oxygen atoms in total. The van der Waals surface area contributed by atoms with Crippen LogP contribution < -0.4 is 5.32 Å². The predicted molar refractivity (Wildman–Crippen MR) is 416 cm³/mol. The Morgan fingerprint density at radius 2 is 0.532 bits per heavy atom. The Kier molecular flexibility index (Phi) is 81.3. The van der Waals surface area contributed by atoms with Gasteiger partial charge in [0.1, 0.15) is 0 Å². The second kappa shape index (κ2) is 83.2. The number of aliphatic hydroxyl groups is 2. The van der Waals surface area contributed by atoms with Gasteiger partial charge in [-0.05, 0) is 89.9 Å². The van der Waals surface area contributed by atoms with Crippen LogP contribution in [0, 0.1) is 0 Å². The van der Waals surface area contributed by atoms with Crippen molar-refractivity contribution >= 4 is 11.9 Å². The summed E-state index contributed by atoms with van der Waals surface area (Å²) in [5, 5.41) is 23.3. The Bertz CT molecular complexity index is 1570. The summed E-state index contributed by atoms with van der Waals surface area (Å²) in [4.78, 5) is 24.7. The lowest BCUT2D eigenvalue weighted by atomic mass is 10.0. The molecule has 0 bridgehead atoms. The fourth-order valence-electron chi connectivity index (χ4n) is 13.5. The molecule has 0 saturated carbocycles. The molecule has 0 heterocycles. The van der Waals surface area contributed by atoms with E-state index < -0.39 is 12.1 Å². The van der Waals surface area contributed by atoms with E-state index in [0.29, 0.717) is 19.4 Å². The van der Waals surface area contributed by atoms with E-state index in [2.05, 4.69) is 55.6 Å². The average Bonchev–Trinajstić information content (AvgIpc) is 3.79. The molecule has 2 unspecified atom stereocenters. The Hall–Kier alpha value is -2.18. The molecule has 2 atom stereocenters. The van der Waals surface area contributed by atoms with Gasteiger partial charge >= 0.3 is 5.97 Å². The summed E-state index contributed by atoms with van der Waals surface area (Å²) in [6, 6.07) is -0.627. The van der Waals surface area contributed by atoms with E-state index in [1.54, 1.807) is 6.08 Å². The van der Waals surface area contributed by atoms with Crippen LogP contribution >= 0.6 is 0 Å². The van der Waals surface area contributed by atoms with E-state index >= 15 is 0 Å². The maximum absolute atomic E-state index is 12.5. The zero-order valence-electron chi connectivity index (χ0n) is 63.7. The van der Waals surface area contributed by atoms with Gasteiger partial charge < -0.3 is 20.3 Å². The third-order valence-corrected chi connectivity index (χ3v) is 20.1. The van der Waals surface area contributed by atoms with Crippen molar-refractivity contribution < 1.29 is 24.5 Å². The van der Waals surface area contributed by atoms with E-state index in [9.17, 15) is 19.8 Å². The van der Waals surface area contributed by atoms with Crippen LogP contribution in [0.25, 0.3) is 0 Å². The molecule has 0 aromatic carbocycles. The lowest BCUT2D eigenvalue weighted by Crippen LogP contribution is -2.45. The number of nitrogens with one attached hydrogen (secondary N) is 1. The van der Waals surface area contributed by atoms with Crippen molar-refractivity contribution in [3.8, 4) is 0 Å². The molecular formula is C88H167NO5. The molecule has 0 fully saturated rings. The molecule has 94 heavy (non-hydrogen) atoms. The number of unbranched alkanes of at least 4 members (excludes halogenated alkanes) is 64. The van der Waals surface area contributed by atoms with E-state index in [1.807, 2.05) is 6.08 Å². The van der Waals surface area contributed by atoms with Crippen LogP contribution in [0.3, 0.4) is 0 Å². The second-order valence-corrected chi connectivity index (χ2v) is 29.5. The molecule has 0 aliphatic rings. The predicted octanol–water partition coefficient (Wildman–Crippen LogP) is 28.7. The number of amides is 1. The van der Waals surface area contributed by atoms with E-state index in [1.165, 1.54) is 405 Å². The fourth-order valence-corrected chi connectivity index (χ4v) is 13.5. The third kappa shape index (κ3) is 78.8. The van der Waals surface area contributed by atoms with Gasteiger partial charge in [-0.25, -0.2) is 0 Å². The van der Waals surface area contributed by atoms with Crippen molar-refractivity contribution in [2.24, 2.45) is 0 Å². The molecule has 0 aromatic rings. The number of aliphatic hydroxyl groups excluding tert-OH is 2. The lowest BCUT2D eigenvalue weighted by molar-refractivity contribution is -0.143. The molecule has 1 amide bonds. The molecule has 0 spiro atoms. The Morgan fingerprint density at radius 3 is 0.819 bits per heavy atom. The van der Waals surface area contributed by atoms with E-state index in [-0.39, 0.29) is 18.5 Å². The number of esters is 1. The highest BCUT2D eigenvalue weighted by molar-refractivity contribution is 5.76. The molecule has 0 rings (SSSR count). The number of allylic oxidation sites excluding steroid dienone is 7. The van der Waals surface area contributed by atoms with Gasteiger partial charge in [0, 0.05) is 12.8 Å². The van der Waals surface area contributed by atoms with Crippen LogP contribution in [0.1, 0.15) is 476 Å². The maximum Gasteiger partial charge on any atom is 0.305 e. The van der Waals surface area contributed by atoms with Crippen LogP contribution in [-0.4, -0.2) is 47.4 Å². The highest BCUT2D eigenvalue weighted by Gasteiger charge is 2.18. The number of carbonyl (C=O) groups is 2. The van der Waals surface area contributed by atoms with Crippen molar-refractivity contribution in [1.29, 1.82) is 0 Å². The SMILES string of the molecule is CCCCCCCC/C=C\CCCCCCCCCCCC(=O)OCCCCCCCCCCCCCCCCC/C=C\C/C=C\CCCCCCCCCCCCCCCCCCCC(=O)NC(CO)C(O)/C=C/CCCCCCCCCCCCCCCCCCC. The molecule has 3 N–H and O–H groups in total. The zero-order valence-corrected chi connectivity index (χ0v) is 63.7. The van der Waals surface area contributed by atoms with E-state index in [4.69, 9.17) is 4.74 Å². The number of hydrogen-bond acceptors (Lipinski definition) is 5. The van der Waals surface area contributed by atoms with Crippen LogP contribution in [0.4, 0.5) is 0 Å². The van der Waals surface area contributed by atoms with Gasteiger partial charge in [-0.15, -0.1) is 0 Å². The van der Waals surface area contributed by atoms with Crippen molar-refractivity contribution in [3.63, 3.8) is 0 Å². The standard InChI is InChI=1S/C88H167NO5/c1-3-5-7-9-11-13-15-17-19-21-44-48-52-56-60-64-68-72-76-80-86(91)85(84-90)89-87(92)81-77-73-69-65-61-57-53-49-46-42-40-38-36-34-32-30-28-26-24-23-25-27-29-31-33-35-37-39-41-43-47-51-55-59-63-67-71-75-79-83-94-88(93)82-78-74-70-66-62-58-54-50-45-22-20-18-16-14-12-10-8-6-4-2/h18,20,23-24,27,29,76,80,85-86,90-91H,3-17,19,21-22,25-26,28,30-75,77-79,81-84H2,1-2H3,(H,89,92)/b20-18-,24-23-,29-27-,80-76+. The Morgan fingerprint density at radius 1 is 0.298 bits per heavy atom. The summed E-state index contributed by atoms with van der Waals surface area (Å²) in [6.07, 6.45) is 111. The topological polar surface area (TPSA) is 95.9 Å². The smallest absolute Gasteiger partial charge is 0.305 e. The molecule has 554 valence electrons. The van der Waals surface area contributed by atoms with Gasteiger partial charge in [-0.2, -0.15) is 0 Å². The second-order valence-electron chi connectivity index (χ2n) is 29.5. The molecule has 6 heteroatoms. The minimum Gasteiger partial charge on any atom is -0.466 e. The van der Waals surface area contributed by atoms with Crippen LogP contribution in [0.15, 0.2) is 48.6 Å². The molecule has 0 radical (unpaired) electrons. The first-order chi connectivity index (χ1) is 46.5. The Balaban J connectivity index is 3.36.